The number of allylic oxidation sites excluding steroid dienone is 2. The average Bonchev–Trinajstić information content (AvgIpc) is 3.47. The van der Waals surface area contributed by atoms with Gasteiger partial charge in [-0.3, -0.25) is 19.3 Å². The van der Waals surface area contributed by atoms with Crippen LogP contribution in [0.25, 0.3) is 0 Å². The van der Waals surface area contributed by atoms with E-state index in [1.807, 2.05) is 18.2 Å². The Kier molecular flexibility index (Phi) is 4.54. The molecular formula is C22H20FN3O3S. The summed E-state index contributed by atoms with van der Waals surface area (Å²) in [6, 6.07) is 5.09. The zero-order chi connectivity index (χ0) is 21.0. The van der Waals surface area contributed by atoms with E-state index in [0.29, 0.717) is 17.1 Å². The third kappa shape index (κ3) is 3.15. The fraction of sp³-hybridized carbons (Fsp3) is 0.364. The van der Waals surface area contributed by atoms with E-state index >= 15 is 0 Å². The summed E-state index contributed by atoms with van der Waals surface area (Å²) in [5, 5.41) is 3.07. The van der Waals surface area contributed by atoms with Gasteiger partial charge in [0.1, 0.15) is 12.4 Å². The molecule has 2 aliphatic carbocycles. The lowest BCUT2D eigenvalue weighted by atomic mass is 9.85. The predicted octanol–water partition coefficient (Wildman–Crippen LogP) is 2.93. The Morgan fingerprint density at radius 2 is 1.93 bits per heavy atom. The molecule has 5 rings (SSSR count). The Labute approximate surface area is 176 Å². The van der Waals surface area contributed by atoms with Crippen LogP contribution >= 0.6 is 11.3 Å². The summed E-state index contributed by atoms with van der Waals surface area (Å²) in [6.07, 6.45) is 7.06. The molecule has 30 heavy (non-hydrogen) atoms. The number of nitrogens with one attached hydrogen (secondary N) is 1. The van der Waals surface area contributed by atoms with Crippen molar-refractivity contribution >= 4 is 34.2 Å². The minimum absolute atomic E-state index is 0.123. The largest absolute Gasteiger partial charge is 0.300 e. The summed E-state index contributed by atoms with van der Waals surface area (Å²) in [5.41, 5.74) is 1.41. The van der Waals surface area contributed by atoms with Gasteiger partial charge in [0.05, 0.1) is 11.8 Å². The molecule has 2 aromatic rings. The van der Waals surface area contributed by atoms with Crippen LogP contribution in [0, 0.1) is 36.4 Å². The smallest absolute Gasteiger partial charge is 0.246 e. The molecule has 2 fully saturated rings. The molecule has 0 radical (unpaired) electrons. The third-order valence-electron chi connectivity index (χ3n) is 6.28. The Hall–Kier alpha value is -2.87. The van der Waals surface area contributed by atoms with Crippen molar-refractivity contribution < 1.29 is 18.8 Å². The van der Waals surface area contributed by atoms with Crippen LogP contribution < -0.4 is 5.32 Å². The topological polar surface area (TPSA) is 79.4 Å². The fourth-order valence-corrected chi connectivity index (χ4v) is 5.68. The molecular weight excluding hydrogens is 405 g/mol. The highest BCUT2D eigenvalue weighted by atomic mass is 32.1. The maximum atomic E-state index is 13.7. The van der Waals surface area contributed by atoms with Crippen molar-refractivity contribution in [2.24, 2.45) is 23.7 Å². The van der Waals surface area contributed by atoms with E-state index in [9.17, 15) is 18.8 Å². The Morgan fingerprint density at radius 1 is 1.23 bits per heavy atom. The predicted molar refractivity (Wildman–Crippen MR) is 109 cm³/mol. The number of fused-ring (bicyclic) bond motifs is 5. The highest BCUT2D eigenvalue weighted by Crippen LogP contribution is 2.52. The van der Waals surface area contributed by atoms with Gasteiger partial charge in [-0.2, -0.15) is 0 Å². The Balaban J connectivity index is 1.21. The molecule has 1 saturated carbocycles. The van der Waals surface area contributed by atoms with Gasteiger partial charge in [0.2, 0.25) is 17.7 Å². The monoisotopic (exact) mass is 425 g/mol. The molecule has 1 saturated heterocycles. The van der Waals surface area contributed by atoms with E-state index in [2.05, 4.69) is 10.3 Å². The molecule has 1 aromatic heterocycles. The Bertz CT molecular complexity index is 1070. The van der Waals surface area contributed by atoms with Crippen LogP contribution in [-0.2, 0) is 20.8 Å². The molecule has 1 N–H and O–H groups in total. The number of thiazole rings is 1. The number of hydrogen-bond acceptors (Lipinski definition) is 5. The maximum Gasteiger partial charge on any atom is 0.246 e. The highest BCUT2D eigenvalue weighted by Gasteiger charge is 2.59. The van der Waals surface area contributed by atoms with Crippen molar-refractivity contribution in [3.05, 3.63) is 58.4 Å². The number of hydrogen-bond donors (Lipinski definition) is 1. The minimum atomic E-state index is -0.445. The number of aromatic nitrogens is 1. The summed E-state index contributed by atoms with van der Waals surface area (Å²) in [4.78, 5) is 44.0. The number of nitrogens with zero attached hydrogens (tertiary/aromatic N) is 2. The van der Waals surface area contributed by atoms with Crippen molar-refractivity contribution in [1.82, 2.24) is 9.88 Å². The molecule has 8 heteroatoms. The first-order valence-corrected chi connectivity index (χ1v) is 10.8. The van der Waals surface area contributed by atoms with Gasteiger partial charge in [-0.1, -0.05) is 24.3 Å². The normalized spacial score (nSPS) is 26.5. The molecule has 3 aliphatic rings. The number of carbonyl (C=O) groups is 3. The van der Waals surface area contributed by atoms with Gasteiger partial charge in [0.15, 0.2) is 5.13 Å². The maximum absolute atomic E-state index is 13.7. The fourth-order valence-electron chi connectivity index (χ4n) is 4.82. The molecule has 154 valence electrons. The number of benzene rings is 1. The van der Waals surface area contributed by atoms with Gasteiger partial charge in [0.25, 0.3) is 0 Å². The quantitative estimate of drug-likeness (QED) is 0.590. The summed E-state index contributed by atoms with van der Waals surface area (Å²) in [5.74, 6) is -1.53. The molecule has 1 aliphatic heterocycles. The van der Waals surface area contributed by atoms with E-state index in [4.69, 9.17) is 0 Å². The van der Waals surface area contributed by atoms with Crippen molar-refractivity contribution in [2.75, 3.05) is 11.9 Å². The van der Waals surface area contributed by atoms with E-state index < -0.39 is 5.91 Å². The van der Waals surface area contributed by atoms with Crippen LogP contribution in [0.15, 0.2) is 36.5 Å². The van der Waals surface area contributed by atoms with Crippen molar-refractivity contribution in [3.8, 4) is 0 Å². The second kappa shape index (κ2) is 7.12. The number of halogens is 1. The number of carbonyl (C=O) groups excluding carboxylic acids is 3. The molecule has 4 atom stereocenters. The molecule has 6 nitrogen and oxygen atoms in total. The number of amides is 3. The zero-order valence-electron chi connectivity index (χ0n) is 16.3. The van der Waals surface area contributed by atoms with Crippen LogP contribution in [0.5, 0.6) is 0 Å². The van der Waals surface area contributed by atoms with Crippen LogP contribution in [0.3, 0.4) is 0 Å². The summed E-state index contributed by atoms with van der Waals surface area (Å²) >= 11 is 1.29. The van der Waals surface area contributed by atoms with Crippen LogP contribution in [0.4, 0.5) is 9.52 Å². The summed E-state index contributed by atoms with van der Waals surface area (Å²) < 4.78 is 13.7. The molecule has 2 heterocycles. The highest BCUT2D eigenvalue weighted by molar-refractivity contribution is 7.15. The van der Waals surface area contributed by atoms with Crippen molar-refractivity contribution in [2.45, 2.75) is 19.8 Å². The lowest BCUT2D eigenvalue weighted by molar-refractivity contribution is -0.143. The standard InChI is InChI=1S/C22H20FN3O3S/c1-11-2-3-12(7-16(11)23)6-15-9-24-22(30-15)25-17(27)10-26-20(28)18-13-4-5-14(8-13)19(18)21(26)29/h2-5,7,9,13-14,18-19H,6,8,10H2,1H3,(H,24,25,27). The SMILES string of the molecule is Cc1ccc(Cc2cnc(NC(=O)CN3C(=O)C4C5C=CC(C5)C4C3=O)s2)cc1F. The van der Waals surface area contributed by atoms with Gasteiger partial charge in [-0.05, 0) is 42.4 Å². The lowest BCUT2D eigenvalue weighted by Crippen LogP contribution is -2.39. The first-order valence-electron chi connectivity index (χ1n) is 9.94. The second-order valence-electron chi connectivity index (χ2n) is 8.20. The molecule has 1 aromatic carbocycles. The lowest BCUT2D eigenvalue weighted by Gasteiger charge is -2.16. The number of anilines is 1. The molecule has 3 amide bonds. The number of rotatable bonds is 5. The van der Waals surface area contributed by atoms with E-state index in [1.54, 1.807) is 19.2 Å². The summed E-state index contributed by atoms with van der Waals surface area (Å²) in [7, 11) is 0. The second-order valence-corrected chi connectivity index (χ2v) is 9.32. The molecule has 2 bridgehead atoms. The molecule has 0 spiro atoms. The van der Waals surface area contributed by atoms with Crippen molar-refractivity contribution in [3.63, 3.8) is 0 Å². The van der Waals surface area contributed by atoms with Crippen LogP contribution in [-0.4, -0.2) is 34.2 Å². The number of aryl methyl sites for hydroxylation is 1. The molecule has 4 unspecified atom stereocenters. The van der Waals surface area contributed by atoms with Crippen molar-refractivity contribution in [1.29, 1.82) is 0 Å². The van der Waals surface area contributed by atoms with E-state index in [-0.39, 0.29) is 47.8 Å². The average molecular weight is 425 g/mol. The summed E-state index contributed by atoms with van der Waals surface area (Å²) in [6.45, 7) is 1.42. The third-order valence-corrected chi connectivity index (χ3v) is 7.19. The van der Waals surface area contributed by atoms with E-state index in [0.717, 1.165) is 21.8 Å². The number of imide groups is 1. The first-order chi connectivity index (χ1) is 14.4. The van der Waals surface area contributed by atoms with Crippen LogP contribution in [0.2, 0.25) is 0 Å². The zero-order valence-corrected chi connectivity index (χ0v) is 17.1. The minimum Gasteiger partial charge on any atom is -0.300 e. The number of likely N-dealkylation sites (tertiary alicyclic amines) is 1. The first kappa shape index (κ1) is 19.1. The van der Waals surface area contributed by atoms with Gasteiger partial charge in [0, 0.05) is 17.5 Å². The van der Waals surface area contributed by atoms with Gasteiger partial charge in [-0.25, -0.2) is 9.37 Å². The Morgan fingerprint density at radius 3 is 2.60 bits per heavy atom. The van der Waals surface area contributed by atoms with Gasteiger partial charge in [-0.15, -0.1) is 11.3 Å². The van der Waals surface area contributed by atoms with Gasteiger partial charge < -0.3 is 5.32 Å². The van der Waals surface area contributed by atoms with E-state index in [1.165, 1.54) is 17.4 Å². The van der Waals surface area contributed by atoms with Crippen LogP contribution in [0.1, 0.15) is 22.4 Å². The van der Waals surface area contributed by atoms with Gasteiger partial charge >= 0.3 is 0 Å².